The van der Waals surface area contributed by atoms with Gasteiger partial charge in [0.15, 0.2) is 0 Å². The van der Waals surface area contributed by atoms with Crippen LogP contribution in [0.1, 0.15) is 30.4 Å². The highest BCUT2D eigenvalue weighted by atomic mass is 16.5. The van der Waals surface area contributed by atoms with Crippen molar-refractivity contribution in [3.05, 3.63) is 47.5 Å². The number of hydrogen-bond acceptors (Lipinski definition) is 2. The molecule has 94 valence electrons. The third-order valence-corrected chi connectivity index (χ3v) is 3.32. The first-order chi connectivity index (χ1) is 8.65. The van der Waals surface area contributed by atoms with Gasteiger partial charge in [0.05, 0.1) is 13.0 Å². The Morgan fingerprint density at radius 2 is 1.83 bits per heavy atom. The summed E-state index contributed by atoms with van der Waals surface area (Å²) in [6, 6.07) is 12.5. The number of fused-ring (bicyclic) bond motifs is 1. The predicted molar refractivity (Wildman–Crippen MR) is 73.7 cm³/mol. The van der Waals surface area contributed by atoms with Gasteiger partial charge in [-0.15, -0.1) is 0 Å². The van der Waals surface area contributed by atoms with E-state index in [1.807, 2.05) is 13.0 Å². The van der Waals surface area contributed by atoms with Crippen LogP contribution >= 0.6 is 0 Å². The molecule has 2 nitrogen and oxygen atoms in total. The molecule has 2 heteroatoms. The molecule has 2 aromatic carbocycles. The Morgan fingerprint density at radius 1 is 1.17 bits per heavy atom. The van der Waals surface area contributed by atoms with E-state index in [2.05, 4.69) is 37.3 Å². The molecule has 0 radical (unpaired) electrons. The zero-order chi connectivity index (χ0) is 13.1. The summed E-state index contributed by atoms with van der Waals surface area (Å²) in [4.78, 5) is 11.7. The topological polar surface area (TPSA) is 26.3 Å². The van der Waals surface area contributed by atoms with E-state index in [0.717, 1.165) is 12.0 Å². The second-order valence-corrected chi connectivity index (χ2v) is 4.59. The van der Waals surface area contributed by atoms with Crippen molar-refractivity contribution in [2.24, 2.45) is 0 Å². The van der Waals surface area contributed by atoms with Crippen LogP contribution in [-0.2, 0) is 9.53 Å². The molecule has 2 aromatic rings. The van der Waals surface area contributed by atoms with E-state index in [1.54, 1.807) is 0 Å². The molecule has 0 fully saturated rings. The fraction of sp³-hybridized carbons (Fsp3) is 0.312. The van der Waals surface area contributed by atoms with Crippen LogP contribution in [0.4, 0.5) is 0 Å². The Morgan fingerprint density at radius 3 is 2.50 bits per heavy atom. The zero-order valence-electron chi connectivity index (χ0n) is 11.1. The molecule has 0 amide bonds. The molecule has 0 N–H and O–H groups in total. The van der Waals surface area contributed by atoms with Gasteiger partial charge in [0, 0.05) is 0 Å². The van der Waals surface area contributed by atoms with Crippen molar-refractivity contribution in [1.82, 2.24) is 0 Å². The minimum Gasteiger partial charge on any atom is -0.469 e. The molecule has 0 saturated heterocycles. The lowest BCUT2D eigenvalue weighted by Crippen LogP contribution is -2.13. The SMILES string of the molecule is CCC(C(=O)OC)c1ccc2cc(C)ccc2c1. The summed E-state index contributed by atoms with van der Waals surface area (Å²) >= 11 is 0. The number of hydrogen-bond donors (Lipinski definition) is 0. The lowest BCUT2D eigenvalue weighted by Gasteiger charge is -2.13. The number of rotatable bonds is 3. The summed E-state index contributed by atoms with van der Waals surface area (Å²) in [7, 11) is 1.44. The third-order valence-electron chi connectivity index (χ3n) is 3.32. The van der Waals surface area contributed by atoms with Gasteiger partial charge >= 0.3 is 5.97 Å². The Bertz CT molecular complexity index is 572. The number of methoxy groups -OCH3 is 1. The van der Waals surface area contributed by atoms with Gasteiger partial charge in [-0.1, -0.05) is 48.9 Å². The van der Waals surface area contributed by atoms with Crippen molar-refractivity contribution in [2.45, 2.75) is 26.2 Å². The van der Waals surface area contributed by atoms with E-state index in [0.29, 0.717) is 0 Å². The first-order valence-electron chi connectivity index (χ1n) is 6.24. The van der Waals surface area contributed by atoms with Crippen LogP contribution < -0.4 is 0 Å². The Hall–Kier alpha value is -1.83. The van der Waals surface area contributed by atoms with Gasteiger partial charge in [-0.05, 0) is 29.7 Å². The van der Waals surface area contributed by atoms with Gasteiger partial charge in [0.25, 0.3) is 0 Å². The van der Waals surface area contributed by atoms with E-state index in [1.165, 1.54) is 23.4 Å². The summed E-state index contributed by atoms with van der Waals surface area (Å²) in [5, 5.41) is 2.37. The smallest absolute Gasteiger partial charge is 0.313 e. The molecule has 1 unspecified atom stereocenters. The number of esters is 1. The van der Waals surface area contributed by atoms with Gasteiger partial charge < -0.3 is 4.74 Å². The average Bonchev–Trinajstić information content (AvgIpc) is 2.39. The fourth-order valence-corrected chi connectivity index (χ4v) is 2.28. The van der Waals surface area contributed by atoms with Crippen molar-refractivity contribution in [2.75, 3.05) is 7.11 Å². The lowest BCUT2D eigenvalue weighted by atomic mass is 9.94. The monoisotopic (exact) mass is 242 g/mol. The molecule has 18 heavy (non-hydrogen) atoms. The van der Waals surface area contributed by atoms with E-state index >= 15 is 0 Å². The Kier molecular flexibility index (Phi) is 3.66. The minimum atomic E-state index is -0.166. The molecule has 0 aliphatic carbocycles. The van der Waals surface area contributed by atoms with Gasteiger partial charge in [-0.25, -0.2) is 0 Å². The van der Waals surface area contributed by atoms with Crippen LogP contribution in [-0.4, -0.2) is 13.1 Å². The molecule has 0 saturated carbocycles. The third kappa shape index (κ3) is 2.37. The van der Waals surface area contributed by atoms with E-state index in [4.69, 9.17) is 4.74 Å². The lowest BCUT2D eigenvalue weighted by molar-refractivity contribution is -0.142. The van der Waals surface area contributed by atoms with Gasteiger partial charge in [-0.2, -0.15) is 0 Å². The van der Waals surface area contributed by atoms with Gasteiger partial charge in [0.2, 0.25) is 0 Å². The molecule has 2 rings (SSSR count). The highest BCUT2D eigenvalue weighted by molar-refractivity contribution is 5.86. The maximum absolute atomic E-state index is 11.7. The molecule has 0 heterocycles. The molecule has 1 atom stereocenters. The van der Waals surface area contributed by atoms with Gasteiger partial charge in [0.1, 0.15) is 0 Å². The maximum atomic E-state index is 11.7. The highest BCUT2D eigenvalue weighted by Gasteiger charge is 2.19. The first kappa shape index (κ1) is 12.6. The summed E-state index contributed by atoms with van der Waals surface area (Å²) in [6.07, 6.45) is 0.754. The molecular formula is C16H18O2. The average molecular weight is 242 g/mol. The largest absolute Gasteiger partial charge is 0.469 e. The van der Waals surface area contributed by atoms with Crippen molar-refractivity contribution in [3.63, 3.8) is 0 Å². The zero-order valence-corrected chi connectivity index (χ0v) is 11.1. The van der Waals surface area contributed by atoms with Crippen LogP contribution in [0.2, 0.25) is 0 Å². The Labute approximate surface area is 108 Å². The minimum absolute atomic E-state index is 0.163. The van der Waals surface area contributed by atoms with Crippen molar-refractivity contribution >= 4 is 16.7 Å². The van der Waals surface area contributed by atoms with Crippen LogP contribution in [0.15, 0.2) is 36.4 Å². The number of carbonyl (C=O) groups excluding carboxylic acids is 1. The molecule has 0 spiro atoms. The standard InChI is InChI=1S/C16H18O2/c1-4-15(16(17)18-3)14-8-7-12-9-11(2)5-6-13(12)10-14/h5-10,15H,4H2,1-3H3. The van der Waals surface area contributed by atoms with Crippen molar-refractivity contribution in [1.29, 1.82) is 0 Å². The number of ether oxygens (including phenoxy) is 1. The summed E-state index contributed by atoms with van der Waals surface area (Å²) < 4.78 is 4.85. The number of aryl methyl sites for hydroxylation is 1. The van der Waals surface area contributed by atoms with E-state index in [-0.39, 0.29) is 11.9 Å². The summed E-state index contributed by atoms with van der Waals surface area (Å²) in [5.74, 6) is -0.329. The summed E-state index contributed by atoms with van der Waals surface area (Å²) in [5.41, 5.74) is 2.27. The van der Waals surface area contributed by atoms with Crippen LogP contribution in [0.3, 0.4) is 0 Å². The highest BCUT2D eigenvalue weighted by Crippen LogP contribution is 2.25. The van der Waals surface area contributed by atoms with Crippen LogP contribution in [0, 0.1) is 6.92 Å². The number of carbonyl (C=O) groups is 1. The Balaban J connectivity index is 2.46. The molecular weight excluding hydrogens is 224 g/mol. The van der Waals surface area contributed by atoms with E-state index < -0.39 is 0 Å². The molecule has 0 aromatic heterocycles. The molecule has 0 aliphatic rings. The second-order valence-electron chi connectivity index (χ2n) is 4.59. The van der Waals surface area contributed by atoms with Crippen LogP contribution in [0.25, 0.3) is 10.8 Å². The van der Waals surface area contributed by atoms with Crippen LogP contribution in [0.5, 0.6) is 0 Å². The van der Waals surface area contributed by atoms with Gasteiger partial charge in [-0.3, -0.25) is 4.79 Å². The van der Waals surface area contributed by atoms with E-state index in [9.17, 15) is 4.79 Å². The van der Waals surface area contributed by atoms with Crippen molar-refractivity contribution in [3.8, 4) is 0 Å². The first-order valence-corrected chi connectivity index (χ1v) is 6.24. The second kappa shape index (κ2) is 5.21. The summed E-state index contributed by atoms with van der Waals surface area (Å²) in [6.45, 7) is 4.08. The quantitative estimate of drug-likeness (QED) is 0.765. The molecule has 0 aliphatic heterocycles. The maximum Gasteiger partial charge on any atom is 0.313 e. The van der Waals surface area contributed by atoms with Crippen molar-refractivity contribution < 1.29 is 9.53 Å². The number of benzene rings is 2. The fourth-order valence-electron chi connectivity index (χ4n) is 2.28. The normalized spacial score (nSPS) is 12.4. The predicted octanol–water partition coefficient (Wildman–Crippen LogP) is 3.81. The molecule has 0 bridgehead atoms.